The smallest absolute Gasteiger partial charge is 0.207 e. The fourth-order valence-corrected chi connectivity index (χ4v) is 5.40. The van der Waals surface area contributed by atoms with E-state index < -0.39 is 16.1 Å². The van der Waals surface area contributed by atoms with Crippen LogP contribution in [0.2, 0.25) is 0 Å². The molecule has 0 saturated heterocycles. The molecule has 0 aromatic heterocycles. The summed E-state index contributed by atoms with van der Waals surface area (Å²) in [4.78, 5) is 0.209. The Balaban J connectivity index is 1.81. The summed E-state index contributed by atoms with van der Waals surface area (Å²) in [7, 11) is -3.90. The van der Waals surface area contributed by atoms with Crippen molar-refractivity contribution in [3.63, 3.8) is 0 Å². The van der Waals surface area contributed by atoms with E-state index in [0.29, 0.717) is 0 Å². The summed E-state index contributed by atoms with van der Waals surface area (Å²) < 4.78 is 29.2. The molecule has 4 rings (SSSR count). The van der Waals surface area contributed by atoms with E-state index in [0.717, 1.165) is 27.8 Å². The number of sulfonamides is 1. The molecule has 0 heterocycles. The number of nitrogens with zero attached hydrogens (tertiary/aromatic N) is 1. The van der Waals surface area contributed by atoms with Crippen LogP contribution in [0.4, 0.5) is 0 Å². The van der Waals surface area contributed by atoms with Crippen LogP contribution in [0.25, 0.3) is 0 Å². The Labute approximate surface area is 214 Å². The zero-order valence-electron chi connectivity index (χ0n) is 20.3. The zero-order chi connectivity index (χ0) is 25.4. The van der Waals surface area contributed by atoms with Gasteiger partial charge in [-0.15, -0.1) is 0 Å². The standard InChI is InChI=1S/C32H27NO2S/c1-26-23-27(2)25-29(24-26)15-12-22-33(36(34,35)31-18-10-5-11-19-31)32(30-16-8-4-9-17-30)21-20-28-13-6-3-7-14-28/h3-11,13-14,16-19,23-25,32H,22H2,1-2H3. The molecule has 0 amide bonds. The molecule has 4 aromatic rings. The highest BCUT2D eigenvalue weighted by Crippen LogP contribution is 2.27. The minimum absolute atomic E-state index is 0.00670. The Morgan fingerprint density at radius 2 is 1.25 bits per heavy atom. The van der Waals surface area contributed by atoms with Gasteiger partial charge in [-0.3, -0.25) is 0 Å². The lowest BCUT2D eigenvalue weighted by Crippen LogP contribution is -2.35. The first-order valence-electron chi connectivity index (χ1n) is 11.7. The second-order valence-corrected chi connectivity index (χ2v) is 10.4. The highest BCUT2D eigenvalue weighted by atomic mass is 32.2. The summed E-state index contributed by atoms with van der Waals surface area (Å²) in [5.74, 6) is 12.7. The summed E-state index contributed by atoms with van der Waals surface area (Å²) in [5.41, 5.74) is 4.69. The molecule has 0 spiro atoms. The van der Waals surface area contributed by atoms with Crippen LogP contribution in [-0.4, -0.2) is 19.3 Å². The van der Waals surface area contributed by atoms with Gasteiger partial charge in [0.15, 0.2) is 0 Å². The van der Waals surface area contributed by atoms with E-state index in [9.17, 15) is 8.42 Å². The van der Waals surface area contributed by atoms with Gasteiger partial charge in [0.2, 0.25) is 10.0 Å². The predicted molar refractivity (Wildman–Crippen MR) is 146 cm³/mol. The molecule has 3 nitrogen and oxygen atoms in total. The summed E-state index contributed by atoms with van der Waals surface area (Å²) >= 11 is 0. The number of rotatable bonds is 5. The van der Waals surface area contributed by atoms with Crippen molar-refractivity contribution in [3.05, 3.63) is 137 Å². The number of hydrogen-bond donors (Lipinski definition) is 0. The molecule has 36 heavy (non-hydrogen) atoms. The van der Waals surface area contributed by atoms with Crippen molar-refractivity contribution in [2.24, 2.45) is 0 Å². The fourth-order valence-electron chi connectivity index (χ4n) is 3.94. The van der Waals surface area contributed by atoms with Crippen LogP contribution in [0.5, 0.6) is 0 Å². The van der Waals surface area contributed by atoms with Gasteiger partial charge in [-0.2, -0.15) is 4.31 Å². The van der Waals surface area contributed by atoms with Crippen LogP contribution < -0.4 is 0 Å². The van der Waals surface area contributed by atoms with E-state index in [-0.39, 0.29) is 11.4 Å². The first kappa shape index (κ1) is 25.0. The molecule has 0 aliphatic rings. The minimum Gasteiger partial charge on any atom is -0.207 e. The molecule has 4 aromatic carbocycles. The van der Waals surface area contributed by atoms with Crippen molar-refractivity contribution in [2.75, 3.05) is 6.54 Å². The van der Waals surface area contributed by atoms with Crippen LogP contribution in [0.15, 0.2) is 114 Å². The lowest BCUT2D eigenvalue weighted by Gasteiger charge is -2.26. The Kier molecular flexibility index (Phi) is 8.03. The quantitative estimate of drug-likeness (QED) is 0.316. The third-order valence-electron chi connectivity index (χ3n) is 5.57. The van der Waals surface area contributed by atoms with Gasteiger partial charge >= 0.3 is 0 Å². The molecule has 0 N–H and O–H groups in total. The maximum absolute atomic E-state index is 13.9. The van der Waals surface area contributed by atoms with Crippen molar-refractivity contribution in [2.45, 2.75) is 24.8 Å². The number of benzene rings is 4. The first-order valence-corrected chi connectivity index (χ1v) is 13.1. The zero-order valence-corrected chi connectivity index (χ0v) is 21.2. The maximum atomic E-state index is 13.9. The van der Waals surface area contributed by atoms with Crippen LogP contribution in [0, 0.1) is 37.5 Å². The second-order valence-electron chi connectivity index (χ2n) is 8.49. The van der Waals surface area contributed by atoms with Crippen molar-refractivity contribution >= 4 is 10.0 Å². The SMILES string of the molecule is Cc1cc(C)cc(C#CCN(C(C#Cc2ccccc2)c2ccccc2)S(=O)(=O)c2ccccc2)c1. The van der Waals surface area contributed by atoms with Crippen molar-refractivity contribution in [1.29, 1.82) is 0 Å². The number of aryl methyl sites for hydroxylation is 2. The van der Waals surface area contributed by atoms with Crippen molar-refractivity contribution in [1.82, 2.24) is 4.31 Å². The molecule has 178 valence electrons. The van der Waals surface area contributed by atoms with Gasteiger partial charge in [0, 0.05) is 11.1 Å². The Morgan fingerprint density at radius 3 is 1.86 bits per heavy atom. The topological polar surface area (TPSA) is 37.4 Å². The van der Waals surface area contributed by atoms with Gasteiger partial charge in [-0.25, -0.2) is 8.42 Å². The Bertz CT molecular complexity index is 1520. The van der Waals surface area contributed by atoms with Gasteiger partial charge in [-0.1, -0.05) is 96.5 Å². The third kappa shape index (κ3) is 6.32. The van der Waals surface area contributed by atoms with E-state index in [1.54, 1.807) is 30.3 Å². The lowest BCUT2D eigenvalue weighted by atomic mass is 10.1. The third-order valence-corrected chi connectivity index (χ3v) is 7.39. The molecule has 0 saturated carbocycles. The van der Waals surface area contributed by atoms with E-state index in [1.807, 2.05) is 86.6 Å². The molecule has 0 aliphatic carbocycles. The molecule has 4 heteroatoms. The van der Waals surface area contributed by atoms with Crippen molar-refractivity contribution < 1.29 is 8.42 Å². The highest BCUT2D eigenvalue weighted by molar-refractivity contribution is 7.89. The fraction of sp³-hybridized carbons (Fsp3) is 0.125. The molecule has 0 bridgehead atoms. The number of hydrogen-bond acceptors (Lipinski definition) is 2. The minimum atomic E-state index is -3.90. The summed E-state index contributed by atoms with van der Waals surface area (Å²) in [6.45, 7) is 4.04. The molecular formula is C32H27NO2S. The predicted octanol–water partition coefficient (Wildman–Crippen LogP) is 6.14. The van der Waals surface area contributed by atoms with Crippen molar-refractivity contribution in [3.8, 4) is 23.7 Å². The maximum Gasteiger partial charge on any atom is 0.245 e. The lowest BCUT2D eigenvalue weighted by molar-refractivity contribution is 0.410. The molecular weight excluding hydrogens is 462 g/mol. The monoisotopic (exact) mass is 489 g/mol. The molecule has 0 fully saturated rings. The summed E-state index contributed by atoms with van der Waals surface area (Å²) in [5, 5.41) is 0. The molecule has 0 aliphatic heterocycles. The van der Waals surface area contributed by atoms with Crippen LogP contribution in [-0.2, 0) is 10.0 Å². The van der Waals surface area contributed by atoms with Crippen LogP contribution >= 0.6 is 0 Å². The highest BCUT2D eigenvalue weighted by Gasteiger charge is 2.31. The Morgan fingerprint density at radius 1 is 0.694 bits per heavy atom. The van der Waals surface area contributed by atoms with Gasteiger partial charge < -0.3 is 0 Å². The Hall–Kier alpha value is -4.09. The van der Waals surface area contributed by atoms with Crippen LogP contribution in [0.1, 0.15) is 33.9 Å². The summed E-state index contributed by atoms with van der Waals surface area (Å²) in [6.07, 6.45) is 0. The largest absolute Gasteiger partial charge is 0.245 e. The van der Waals surface area contributed by atoms with Gasteiger partial charge in [-0.05, 0) is 66.9 Å². The van der Waals surface area contributed by atoms with Gasteiger partial charge in [0.05, 0.1) is 11.4 Å². The average molecular weight is 490 g/mol. The molecule has 1 unspecified atom stereocenters. The summed E-state index contributed by atoms with van der Waals surface area (Å²) in [6, 6.07) is 32.9. The van der Waals surface area contributed by atoms with E-state index in [1.165, 1.54) is 4.31 Å². The first-order chi connectivity index (χ1) is 17.4. The van der Waals surface area contributed by atoms with Crippen LogP contribution in [0.3, 0.4) is 0 Å². The van der Waals surface area contributed by atoms with E-state index in [2.05, 4.69) is 29.7 Å². The van der Waals surface area contributed by atoms with Gasteiger partial charge in [0.25, 0.3) is 0 Å². The second kappa shape index (κ2) is 11.6. The molecule has 1 atom stereocenters. The van der Waals surface area contributed by atoms with Gasteiger partial charge in [0.1, 0.15) is 6.04 Å². The normalized spacial score (nSPS) is 11.6. The van der Waals surface area contributed by atoms with E-state index >= 15 is 0 Å². The average Bonchev–Trinajstić information content (AvgIpc) is 2.89. The molecule has 0 radical (unpaired) electrons. The van der Waals surface area contributed by atoms with E-state index in [4.69, 9.17) is 0 Å².